The molecule has 1 N–H and O–H groups in total. The van der Waals surface area contributed by atoms with Crippen molar-refractivity contribution in [1.29, 1.82) is 0 Å². The molecule has 2 aromatic rings. The van der Waals surface area contributed by atoms with Crippen molar-refractivity contribution in [2.24, 2.45) is 0 Å². The fourth-order valence-electron chi connectivity index (χ4n) is 1.08. The van der Waals surface area contributed by atoms with Crippen molar-refractivity contribution < 1.29 is 5.11 Å². The minimum Gasteiger partial charge on any atom is -0.508 e. The van der Waals surface area contributed by atoms with Crippen LogP contribution in [0.15, 0.2) is 41.1 Å². The van der Waals surface area contributed by atoms with Gasteiger partial charge in [-0.2, -0.15) is 11.3 Å². The lowest BCUT2D eigenvalue weighted by atomic mass is 10.1. The van der Waals surface area contributed by atoms with Gasteiger partial charge in [0, 0.05) is 0 Å². The van der Waals surface area contributed by atoms with Gasteiger partial charge in [-0.05, 0) is 40.1 Å². The summed E-state index contributed by atoms with van der Waals surface area (Å²) in [6, 6.07) is 9.30. The van der Waals surface area contributed by atoms with Crippen LogP contribution in [-0.4, -0.2) is 5.11 Å². The van der Waals surface area contributed by atoms with E-state index in [1.807, 2.05) is 17.5 Å². The molecule has 0 unspecified atom stereocenters. The number of benzene rings is 1. The third kappa shape index (κ3) is 1.34. The van der Waals surface area contributed by atoms with Crippen LogP contribution < -0.4 is 0 Å². The molecule has 1 aromatic heterocycles. The predicted molar refractivity (Wildman–Crippen MR) is 51.4 cm³/mol. The molecule has 0 aliphatic carbocycles. The maximum atomic E-state index is 9.06. The first-order valence-electron chi connectivity index (χ1n) is 3.68. The summed E-state index contributed by atoms with van der Waals surface area (Å²) in [6.45, 7) is 0. The van der Waals surface area contributed by atoms with E-state index in [4.69, 9.17) is 5.11 Å². The molecule has 0 saturated heterocycles. The molecule has 0 aliphatic heterocycles. The molecular weight excluding hydrogens is 168 g/mol. The van der Waals surface area contributed by atoms with Gasteiger partial charge in [-0.15, -0.1) is 0 Å². The Morgan fingerprint density at radius 1 is 0.917 bits per heavy atom. The first-order valence-corrected chi connectivity index (χ1v) is 4.62. The molecule has 0 radical (unpaired) electrons. The van der Waals surface area contributed by atoms with Gasteiger partial charge < -0.3 is 5.11 Å². The summed E-state index contributed by atoms with van der Waals surface area (Å²) in [5.74, 6) is 0.314. The second-order valence-electron chi connectivity index (χ2n) is 2.56. The van der Waals surface area contributed by atoms with Crippen molar-refractivity contribution in [3.05, 3.63) is 41.1 Å². The Morgan fingerprint density at radius 2 is 1.67 bits per heavy atom. The van der Waals surface area contributed by atoms with Crippen LogP contribution >= 0.6 is 11.3 Å². The van der Waals surface area contributed by atoms with E-state index in [2.05, 4.69) is 11.4 Å². The molecule has 0 aliphatic rings. The second kappa shape index (κ2) is 2.99. The fraction of sp³-hybridized carbons (Fsp3) is 0. The second-order valence-corrected chi connectivity index (χ2v) is 3.34. The van der Waals surface area contributed by atoms with Gasteiger partial charge in [0.1, 0.15) is 5.75 Å². The lowest BCUT2D eigenvalue weighted by molar-refractivity contribution is 0.475. The number of aromatic hydroxyl groups is 1. The third-order valence-electron chi connectivity index (χ3n) is 1.72. The molecule has 0 fully saturated rings. The summed E-state index contributed by atoms with van der Waals surface area (Å²) in [4.78, 5) is 0. The van der Waals surface area contributed by atoms with Gasteiger partial charge in [0.05, 0.1) is 0 Å². The lowest BCUT2D eigenvalue weighted by Crippen LogP contribution is -1.70. The zero-order chi connectivity index (χ0) is 8.39. The normalized spacial score (nSPS) is 10.0. The number of phenols is 1. The zero-order valence-corrected chi connectivity index (χ0v) is 7.21. The average Bonchev–Trinajstić information content (AvgIpc) is 2.58. The number of thiophene rings is 1. The maximum Gasteiger partial charge on any atom is 0.115 e. The fourth-order valence-corrected chi connectivity index (χ4v) is 1.75. The Labute approximate surface area is 74.9 Å². The Kier molecular flexibility index (Phi) is 1.84. The highest BCUT2D eigenvalue weighted by Gasteiger charge is 1.96. The van der Waals surface area contributed by atoms with Crippen molar-refractivity contribution in [2.45, 2.75) is 0 Å². The predicted octanol–water partition coefficient (Wildman–Crippen LogP) is 3.12. The van der Waals surface area contributed by atoms with Crippen LogP contribution in [-0.2, 0) is 0 Å². The van der Waals surface area contributed by atoms with Crippen LogP contribution in [0.25, 0.3) is 11.1 Å². The van der Waals surface area contributed by atoms with E-state index in [1.54, 1.807) is 23.5 Å². The standard InChI is InChI=1S/C10H8OS/c11-10-3-1-8(2-4-10)9-5-6-12-7-9/h1-7,11H. The van der Waals surface area contributed by atoms with Gasteiger partial charge in [-0.25, -0.2) is 0 Å². The third-order valence-corrected chi connectivity index (χ3v) is 2.41. The van der Waals surface area contributed by atoms with Crippen LogP contribution in [0.3, 0.4) is 0 Å². The Balaban J connectivity index is 2.43. The highest BCUT2D eigenvalue weighted by molar-refractivity contribution is 7.08. The lowest BCUT2D eigenvalue weighted by Gasteiger charge is -1.96. The van der Waals surface area contributed by atoms with Gasteiger partial charge in [-0.3, -0.25) is 0 Å². The summed E-state index contributed by atoms with van der Waals surface area (Å²) in [5, 5.41) is 13.2. The topological polar surface area (TPSA) is 20.2 Å². The van der Waals surface area contributed by atoms with Crippen molar-refractivity contribution in [3.8, 4) is 16.9 Å². The van der Waals surface area contributed by atoms with E-state index in [0.29, 0.717) is 5.75 Å². The molecular formula is C10H8OS. The molecule has 0 bridgehead atoms. The minimum absolute atomic E-state index is 0.314. The van der Waals surface area contributed by atoms with Crippen LogP contribution in [0.4, 0.5) is 0 Å². The molecule has 1 heterocycles. The van der Waals surface area contributed by atoms with Crippen LogP contribution in [0.2, 0.25) is 0 Å². The van der Waals surface area contributed by atoms with Crippen LogP contribution in [0.5, 0.6) is 5.75 Å². The Bertz CT molecular complexity index is 348. The summed E-state index contributed by atoms with van der Waals surface area (Å²) in [7, 11) is 0. The van der Waals surface area contributed by atoms with E-state index in [9.17, 15) is 0 Å². The van der Waals surface area contributed by atoms with Gasteiger partial charge in [0.2, 0.25) is 0 Å². The maximum absolute atomic E-state index is 9.06. The SMILES string of the molecule is Oc1ccc(-c2ccsc2)cc1. The largest absolute Gasteiger partial charge is 0.508 e. The van der Waals surface area contributed by atoms with E-state index < -0.39 is 0 Å². The molecule has 0 spiro atoms. The highest BCUT2D eigenvalue weighted by Crippen LogP contribution is 2.23. The number of rotatable bonds is 1. The summed E-state index contributed by atoms with van der Waals surface area (Å²) in [6.07, 6.45) is 0. The van der Waals surface area contributed by atoms with Gasteiger partial charge in [0.15, 0.2) is 0 Å². The van der Waals surface area contributed by atoms with Crippen LogP contribution in [0, 0.1) is 0 Å². The molecule has 2 rings (SSSR count). The summed E-state index contributed by atoms with van der Waals surface area (Å²) in [5.41, 5.74) is 2.36. The number of hydrogen-bond donors (Lipinski definition) is 1. The quantitative estimate of drug-likeness (QED) is 0.707. The number of hydrogen-bond acceptors (Lipinski definition) is 2. The number of phenolic OH excluding ortho intramolecular Hbond substituents is 1. The molecule has 2 heteroatoms. The zero-order valence-electron chi connectivity index (χ0n) is 6.40. The van der Waals surface area contributed by atoms with Gasteiger partial charge >= 0.3 is 0 Å². The van der Waals surface area contributed by atoms with Crippen molar-refractivity contribution in [1.82, 2.24) is 0 Å². The first-order chi connectivity index (χ1) is 5.86. The monoisotopic (exact) mass is 176 g/mol. The van der Waals surface area contributed by atoms with Gasteiger partial charge in [-0.1, -0.05) is 12.1 Å². The van der Waals surface area contributed by atoms with Crippen molar-refractivity contribution >= 4 is 11.3 Å². The van der Waals surface area contributed by atoms with E-state index >= 15 is 0 Å². The Morgan fingerprint density at radius 3 is 2.25 bits per heavy atom. The highest BCUT2D eigenvalue weighted by atomic mass is 32.1. The van der Waals surface area contributed by atoms with E-state index in [0.717, 1.165) is 5.56 Å². The van der Waals surface area contributed by atoms with Crippen molar-refractivity contribution in [2.75, 3.05) is 0 Å². The molecule has 12 heavy (non-hydrogen) atoms. The molecule has 0 amide bonds. The summed E-state index contributed by atoms with van der Waals surface area (Å²) >= 11 is 1.68. The molecule has 0 saturated carbocycles. The molecule has 60 valence electrons. The summed E-state index contributed by atoms with van der Waals surface area (Å²) < 4.78 is 0. The molecule has 1 aromatic carbocycles. The smallest absolute Gasteiger partial charge is 0.115 e. The van der Waals surface area contributed by atoms with E-state index in [-0.39, 0.29) is 0 Å². The van der Waals surface area contributed by atoms with Crippen LogP contribution in [0.1, 0.15) is 0 Å². The average molecular weight is 176 g/mol. The van der Waals surface area contributed by atoms with Crippen molar-refractivity contribution in [3.63, 3.8) is 0 Å². The van der Waals surface area contributed by atoms with E-state index in [1.165, 1.54) is 5.56 Å². The Hall–Kier alpha value is -1.28. The van der Waals surface area contributed by atoms with Gasteiger partial charge in [0.25, 0.3) is 0 Å². The molecule has 1 nitrogen and oxygen atoms in total. The minimum atomic E-state index is 0.314. The molecule has 0 atom stereocenters. The first kappa shape index (κ1) is 7.37.